The number of fused-ring (bicyclic) bond motifs is 1. The molecule has 3 aromatic rings. The Kier molecular flexibility index (Phi) is 6.17. The Balaban J connectivity index is 1.52. The van der Waals surface area contributed by atoms with Crippen LogP contribution in [0.4, 0.5) is 5.69 Å². The monoisotopic (exact) mass is 454 g/mol. The molecule has 1 aromatic heterocycles. The van der Waals surface area contributed by atoms with Crippen molar-refractivity contribution in [2.45, 2.75) is 38.0 Å². The molecule has 0 bridgehead atoms. The molecule has 168 valence electrons. The quantitative estimate of drug-likeness (QED) is 0.628. The van der Waals surface area contributed by atoms with E-state index in [-0.39, 0.29) is 16.1 Å². The van der Waals surface area contributed by atoms with E-state index >= 15 is 0 Å². The zero-order valence-electron chi connectivity index (χ0n) is 18.1. The number of carbonyl (C=O) groups excluding carboxylic acids is 1. The fraction of sp³-hybridized carbons (Fsp3) is 0.333. The third-order valence-corrected chi connectivity index (χ3v) is 7.67. The number of rotatable bonds is 5. The Bertz CT molecular complexity index is 1310. The highest BCUT2D eigenvalue weighted by molar-refractivity contribution is 7.89. The van der Waals surface area contributed by atoms with Gasteiger partial charge in [0.15, 0.2) is 11.2 Å². The van der Waals surface area contributed by atoms with Crippen molar-refractivity contribution in [1.29, 1.82) is 0 Å². The van der Waals surface area contributed by atoms with Crippen LogP contribution < -0.4 is 10.7 Å². The molecule has 4 rings (SSSR count). The minimum absolute atomic E-state index is 0.106. The molecule has 0 spiro atoms. The molecule has 0 radical (unpaired) electrons. The molecule has 2 heterocycles. The number of nitrogens with one attached hydrogen (secondary N) is 1. The van der Waals surface area contributed by atoms with Crippen LogP contribution in [0.15, 0.2) is 62.6 Å². The van der Waals surface area contributed by atoms with Gasteiger partial charge in [-0.15, -0.1) is 0 Å². The standard InChI is InChI=1S/C24H26N2O5S/c1-3-17-6-11-22-20(13-17)21(27)14-23(31-22)24(28)25-18-7-9-19(10-8-18)32(29,30)26-12-4-5-16(2)15-26/h6-11,13-14,16H,3-5,12,15H2,1-2H3,(H,25,28). The number of hydrogen-bond donors (Lipinski definition) is 1. The third kappa shape index (κ3) is 4.47. The van der Waals surface area contributed by atoms with Gasteiger partial charge in [-0.2, -0.15) is 4.31 Å². The summed E-state index contributed by atoms with van der Waals surface area (Å²) in [4.78, 5) is 25.3. The molecular formula is C24H26N2O5S. The maximum Gasteiger partial charge on any atom is 0.291 e. The Morgan fingerprint density at radius 3 is 2.59 bits per heavy atom. The van der Waals surface area contributed by atoms with E-state index in [1.54, 1.807) is 12.1 Å². The second kappa shape index (κ2) is 8.88. The van der Waals surface area contributed by atoms with Crippen molar-refractivity contribution in [3.05, 3.63) is 70.1 Å². The van der Waals surface area contributed by atoms with Crippen molar-refractivity contribution >= 4 is 32.6 Å². The zero-order valence-corrected chi connectivity index (χ0v) is 18.9. The molecule has 1 saturated heterocycles. The lowest BCUT2D eigenvalue weighted by Crippen LogP contribution is -2.39. The Labute approximate surface area is 187 Å². The van der Waals surface area contributed by atoms with Gasteiger partial charge in [-0.3, -0.25) is 9.59 Å². The van der Waals surface area contributed by atoms with Crippen LogP contribution in [0.2, 0.25) is 0 Å². The number of sulfonamides is 1. The minimum atomic E-state index is -3.57. The highest BCUT2D eigenvalue weighted by atomic mass is 32.2. The third-order valence-electron chi connectivity index (χ3n) is 5.79. The zero-order chi connectivity index (χ0) is 22.9. The first-order valence-corrected chi connectivity index (χ1v) is 12.2. The SMILES string of the molecule is CCc1ccc2oc(C(=O)Nc3ccc(S(=O)(=O)N4CCCC(C)C4)cc3)cc(=O)c2c1. The van der Waals surface area contributed by atoms with Crippen LogP contribution in [0, 0.1) is 5.92 Å². The summed E-state index contributed by atoms with van der Waals surface area (Å²) < 4.78 is 32.9. The van der Waals surface area contributed by atoms with Gasteiger partial charge in [0, 0.05) is 24.8 Å². The summed E-state index contributed by atoms with van der Waals surface area (Å²) in [6.45, 7) is 5.08. The molecule has 1 unspecified atom stereocenters. The molecule has 1 amide bonds. The summed E-state index contributed by atoms with van der Waals surface area (Å²) in [7, 11) is -3.57. The van der Waals surface area contributed by atoms with Gasteiger partial charge < -0.3 is 9.73 Å². The van der Waals surface area contributed by atoms with Crippen LogP contribution in [0.1, 0.15) is 42.8 Å². The lowest BCUT2D eigenvalue weighted by atomic mass is 10.0. The first-order valence-electron chi connectivity index (χ1n) is 10.8. The van der Waals surface area contributed by atoms with Crippen molar-refractivity contribution < 1.29 is 17.6 Å². The van der Waals surface area contributed by atoms with E-state index in [9.17, 15) is 18.0 Å². The van der Waals surface area contributed by atoms with E-state index in [2.05, 4.69) is 5.32 Å². The molecule has 0 saturated carbocycles. The van der Waals surface area contributed by atoms with Gasteiger partial charge in [-0.25, -0.2) is 8.42 Å². The van der Waals surface area contributed by atoms with Gasteiger partial charge in [-0.05, 0) is 67.1 Å². The van der Waals surface area contributed by atoms with Gasteiger partial charge >= 0.3 is 0 Å². The summed E-state index contributed by atoms with van der Waals surface area (Å²) in [6.07, 6.45) is 2.67. The fourth-order valence-electron chi connectivity index (χ4n) is 3.95. The number of anilines is 1. The molecule has 1 aliphatic heterocycles. The summed E-state index contributed by atoms with van der Waals surface area (Å²) in [5.41, 5.74) is 1.47. The molecule has 2 aromatic carbocycles. The first kappa shape index (κ1) is 22.2. The van der Waals surface area contributed by atoms with Crippen molar-refractivity contribution in [2.24, 2.45) is 5.92 Å². The maximum absolute atomic E-state index is 12.9. The second-order valence-corrected chi connectivity index (χ2v) is 10.2. The topological polar surface area (TPSA) is 96.7 Å². The predicted molar refractivity (Wildman–Crippen MR) is 123 cm³/mol. The first-order chi connectivity index (χ1) is 15.3. The summed E-state index contributed by atoms with van der Waals surface area (Å²) in [6, 6.07) is 12.5. The van der Waals surface area contributed by atoms with Crippen molar-refractivity contribution in [2.75, 3.05) is 18.4 Å². The van der Waals surface area contributed by atoms with E-state index < -0.39 is 15.9 Å². The Morgan fingerprint density at radius 2 is 1.91 bits per heavy atom. The maximum atomic E-state index is 12.9. The van der Waals surface area contributed by atoms with Gasteiger partial charge in [0.25, 0.3) is 5.91 Å². The molecule has 1 fully saturated rings. The highest BCUT2D eigenvalue weighted by Gasteiger charge is 2.28. The van der Waals surface area contributed by atoms with Crippen LogP contribution >= 0.6 is 0 Å². The number of carbonyl (C=O) groups is 1. The average Bonchev–Trinajstić information content (AvgIpc) is 2.79. The molecule has 1 aliphatic rings. The van der Waals surface area contributed by atoms with E-state index in [0.29, 0.717) is 35.7 Å². The Hall–Kier alpha value is -2.97. The van der Waals surface area contributed by atoms with Crippen molar-refractivity contribution in [3.63, 3.8) is 0 Å². The van der Waals surface area contributed by atoms with Crippen LogP contribution in [0.3, 0.4) is 0 Å². The predicted octanol–water partition coefficient (Wildman–Crippen LogP) is 4.03. The lowest BCUT2D eigenvalue weighted by Gasteiger charge is -2.30. The minimum Gasteiger partial charge on any atom is -0.451 e. The van der Waals surface area contributed by atoms with Gasteiger partial charge in [0.2, 0.25) is 10.0 Å². The van der Waals surface area contributed by atoms with E-state index in [4.69, 9.17) is 4.42 Å². The van der Waals surface area contributed by atoms with E-state index in [1.807, 2.05) is 19.9 Å². The van der Waals surface area contributed by atoms with Crippen LogP contribution in [-0.4, -0.2) is 31.7 Å². The molecule has 8 heteroatoms. The smallest absolute Gasteiger partial charge is 0.291 e. The number of nitrogens with zero attached hydrogens (tertiary/aromatic N) is 1. The van der Waals surface area contributed by atoms with Crippen LogP contribution in [-0.2, 0) is 16.4 Å². The number of amides is 1. The van der Waals surface area contributed by atoms with Crippen molar-refractivity contribution in [3.8, 4) is 0 Å². The van der Waals surface area contributed by atoms with E-state index in [0.717, 1.165) is 24.8 Å². The second-order valence-electron chi connectivity index (χ2n) is 8.25. The molecule has 7 nitrogen and oxygen atoms in total. The van der Waals surface area contributed by atoms with E-state index in [1.165, 1.54) is 34.6 Å². The number of benzene rings is 2. The summed E-state index contributed by atoms with van der Waals surface area (Å²) in [5, 5.41) is 3.09. The molecule has 1 N–H and O–H groups in total. The molecule has 1 atom stereocenters. The molecule has 32 heavy (non-hydrogen) atoms. The summed E-state index contributed by atoms with van der Waals surface area (Å²) in [5.74, 6) is -0.350. The van der Waals surface area contributed by atoms with Crippen molar-refractivity contribution in [1.82, 2.24) is 4.31 Å². The number of hydrogen-bond acceptors (Lipinski definition) is 5. The van der Waals surface area contributed by atoms with Crippen LogP contribution in [0.5, 0.6) is 0 Å². The average molecular weight is 455 g/mol. The largest absolute Gasteiger partial charge is 0.451 e. The summed E-state index contributed by atoms with van der Waals surface area (Å²) >= 11 is 0. The van der Waals surface area contributed by atoms with Crippen LogP contribution in [0.25, 0.3) is 11.0 Å². The normalized spacial score (nSPS) is 17.4. The molecule has 0 aliphatic carbocycles. The van der Waals surface area contributed by atoms with Gasteiger partial charge in [-0.1, -0.05) is 19.9 Å². The van der Waals surface area contributed by atoms with Gasteiger partial charge in [0.05, 0.1) is 10.3 Å². The lowest BCUT2D eigenvalue weighted by molar-refractivity contribution is 0.0997. The number of piperidine rings is 1. The molecular weight excluding hydrogens is 428 g/mol. The Morgan fingerprint density at radius 1 is 1.16 bits per heavy atom. The number of aryl methyl sites for hydroxylation is 1. The highest BCUT2D eigenvalue weighted by Crippen LogP contribution is 2.24. The van der Waals surface area contributed by atoms with Gasteiger partial charge in [0.1, 0.15) is 5.58 Å². The fourth-order valence-corrected chi connectivity index (χ4v) is 5.55.